The molecule has 186 valence electrons. The number of nitrogens with zero attached hydrogens (tertiary/aromatic N) is 4. The third kappa shape index (κ3) is 5.11. The zero-order valence-corrected chi connectivity index (χ0v) is 21.9. The molecule has 0 fully saturated rings. The van der Waals surface area contributed by atoms with E-state index in [1.807, 2.05) is 65.0 Å². The Hall–Kier alpha value is -3.72. The van der Waals surface area contributed by atoms with Gasteiger partial charge in [0.1, 0.15) is 34.1 Å². The Morgan fingerprint density at radius 2 is 1.94 bits per heavy atom. The first kappa shape index (κ1) is 24.0. The molecule has 1 aromatic carbocycles. The number of fused-ring (bicyclic) bond motifs is 3. The summed E-state index contributed by atoms with van der Waals surface area (Å²) in [5, 5.41) is 4.41. The third-order valence-corrected chi connectivity index (χ3v) is 7.03. The lowest BCUT2D eigenvalue weighted by Crippen LogP contribution is -2.39. The summed E-state index contributed by atoms with van der Waals surface area (Å²) in [7, 11) is 0. The van der Waals surface area contributed by atoms with E-state index in [0.717, 1.165) is 50.7 Å². The maximum absolute atomic E-state index is 12.7. The van der Waals surface area contributed by atoms with Gasteiger partial charge in [-0.15, -0.1) is 11.3 Å². The lowest BCUT2D eigenvalue weighted by atomic mass is 10.1. The number of carbonyl (C=O) groups excluding carboxylic acids is 1. The van der Waals surface area contributed by atoms with E-state index in [0.29, 0.717) is 18.8 Å². The summed E-state index contributed by atoms with van der Waals surface area (Å²) in [5.41, 5.74) is 3.36. The molecule has 9 heteroatoms. The standard InChI is InChI=1S/C27H29N5O3S/c1-16-12-18(7-9-21(16)34-19-8-6-17(2)28-13-19)31-24-23-20-14-32(26(33)35-27(3,4)5)11-10-22(20)36-25(23)30-15-29-24/h6-9,12-13,15H,10-11,14H2,1-5H3,(H,29,30,31). The number of hydrogen-bond donors (Lipinski definition) is 1. The number of amides is 1. The number of nitrogens with one attached hydrogen (secondary N) is 1. The molecule has 4 heterocycles. The molecular formula is C27H29N5O3S. The molecule has 0 saturated carbocycles. The second-order valence-electron chi connectivity index (χ2n) is 9.90. The lowest BCUT2D eigenvalue weighted by Gasteiger charge is -2.30. The molecule has 1 N–H and O–H groups in total. The van der Waals surface area contributed by atoms with E-state index in [2.05, 4.69) is 20.3 Å². The van der Waals surface area contributed by atoms with E-state index in [1.165, 1.54) is 4.88 Å². The first-order chi connectivity index (χ1) is 17.2. The Balaban J connectivity index is 1.39. The smallest absolute Gasteiger partial charge is 0.410 e. The fraction of sp³-hybridized carbons (Fsp3) is 0.333. The van der Waals surface area contributed by atoms with Crippen LogP contribution in [0.2, 0.25) is 0 Å². The van der Waals surface area contributed by atoms with Gasteiger partial charge in [0, 0.05) is 22.8 Å². The molecule has 0 saturated heterocycles. The zero-order chi connectivity index (χ0) is 25.4. The van der Waals surface area contributed by atoms with Crippen molar-refractivity contribution >= 4 is 39.2 Å². The number of pyridine rings is 1. The Morgan fingerprint density at radius 3 is 2.67 bits per heavy atom. The summed E-state index contributed by atoms with van der Waals surface area (Å²) in [5.74, 6) is 2.18. The molecule has 1 amide bonds. The van der Waals surface area contributed by atoms with Crippen LogP contribution in [-0.2, 0) is 17.7 Å². The number of hydrogen-bond acceptors (Lipinski definition) is 8. The van der Waals surface area contributed by atoms with Crippen LogP contribution in [0, 0.1) is 13.8 Å². The van der Waals surface area contributed by atoms with Gasteiger partial charge in [0.05, 0.1) is 18.1 Å². The molecule has 0 unspecified atom stereocenters. The van der Waals surface area contributed by atoms with E-state index < -0.39 is 5.60 Å². The molecule has 0 radical (unpaired) electrons. The van der Waals surface area contributed by atoms with Crippen LogP contribution < -0.4 is 10.1 Å². The van der Waals surface area contributed by atoms with Crippen LogP contribution >= 0.6 is 11.3 Å². The van der Waals surface area contributed by atoms with Crippen LogP contribution in [0.15, 0.2) is 42.9 Å². The van der Waals surface area contributed by atoms with E-state index in [4.69, 9.17) is 9.47 Å². The predicted molar refractivity (Wildman–Crippen MR) is 141 cm³/mol. The van der Waals surface area contributed by atoms with Crippen molar-refractivity contribution in [2.75, 3.05) is 11.9 Å². The quantitative estimate of drug-likeness (QED) is 0.338. The van der Waals surface area contributed by atoms with Gasteiger partial charge < -0.3 is 19.7 Å². The molecule has 0 aliphatic carbocycles. The van der Waals surface area contributed by atoms with E-state index >= 15 is 0 Å². The highest BCUT2D eigenvalue weighted by Gasteiger charge is 2.29. The first-order valence-corrected chi connectivity index (χ1v) is 12.7. The molecule has 0 bridgehead atoms. The Labute approximate surface area is 214 Å². The summed E-state index contributed by atoms with van der Waals surface area (Å²) >= 11 is 1.66. The van der Waals surface area contributed by atoms with Crippen LogP contribution in [-0.4, -0.2) is 38.1 Å². The van der Waals surface area contributed by atoms with Gasteiger partial charge in [0.25, 0.3) is 0 Å². The lowest BCUT2D eigenvalue weighted by molar-refractivity contribution is 0.0226. The topological polar surface area (TPSA) is 89.5 Å². The van der Waals surface area contributed by atoms with Crippen LogP contribution in [0.4, 0.5) is 16.3 Å². The maximum Gasteiger partial charge on any atom is 0.410 e. The van der Waals surface area contributed by atoms with Crippen LogP contribution in [0.3, 0.4) is 0 Å². The second kappa shape index (κ2) is 9.39. The molecule has 0 atom stereocenters. The van der Waals surface area contributed by atoms with Crippen molar-refractivity contribution < 1.29 is 14.3 Å². The average molecular weight is 504 g/mol. The molecular weight excluding hydrogens is 474 g/mol. The van der Waals surface area contributed by atoms with Gasteiger partial charge >= 0.3 is 6.09 Å². The van der Waals surface area contributed by atoms with Gasteiger partial charge in [0.15, 0.2) is 0 Å². The van der Waals surface area contributed by atoms with Crippen molar-refractivity contribution in [3.63, 3.8) is 0 Å². The molecule has 0 spiro atoms. The number of aromatic nitrogens is 3. The van der Waals surface area contributed by atoms with E-state index in [-0.39, 0.29) is 6.09 Å². The fourth-order valence-electron chi connectivity index (χ4n) is 4.11. The number of thiophene rings is 1. The van der Waals surface area contributed by atoms with Gasteiger partial charge in [-0.05, 0) is 82.5 Å². The largest absolute Gasteiger partial charge is 0.455 e. The van der Waals surface area contributed by atoms with Crippen LogP contribution in [0.1, 0.15) is 42.5 Å². The number of ether oxygens (including phenoxy) is 2. The van der Waals surface area contributed by atoms with E-state index in [9.17, 15) is 4.79 Å². The summed E-state index contributed by atoms with van der Waals surface area (Å²) in [6.07, 6.45) is 3.77. The molecule has 36 heavy (non-hydrogen) atoms. The number of rotatable bonds is 4. The summed E-state index contributed by atoms with van der Waals surface area (Å²) in [6, 6.07) is 9.75. The highest BCUT2D eigenvalue weighted by atomic mass is 32.1. The monoisotopic (exact) mass is 503 g/mol. The van der Waals surface area contributed by atoms with Gasteiger partial charge in [-0.3, -0.25) is 4.98 Å². The Kier molecular flexibility index (Phi) is 6.26. The van der Waals surface area contributed by atoms with Crippen molar-refractivity contribution in [3.05, 3.63) is 64.6 Å². The predicted octanol–water partition coefficient (Wildman–Crippen LogP) is 6.53. The minimum Gasteiger partial charge on any atom is -0.455 e. The Morgan fingerprint density at radius 1 is 1.11 bits per heavy atom. The van der Waals surface area contributed by atoms with Crippen molar-refractivity contribution in [3.8, 4) is 11.5 Å². The Bertz CT molecular complexity index is 1430. The van der Waals surface area contributed by atoms with Gasteiger partial charge in [0.2, 0.25) is 0 Å². The number of anilines is 2. The SMILES string of the molecule is Cc1ccc(Oc2ccc(Nc3ncnc4sc5c(c34)CN(C(=O)OC(C)(C)C)CC5)cc2C)cn1. The molecule has 3 aromatic heterocycles. The zero-order valence-electron chi connectivity index (χ0n) is 21.1. The second-order valence-corrected chi connectivity index (χ2v) is 11.0. The minimum atomic E-state index is -0.534. The molecule has 5 rings (SSSR count). The highest BCUT2D eigenvalue weighted by molar-refractivity contribution is 7.19. The van der Waals surface area contributed by atoms with Crippen LogP contribution in [0.25, 0.3) is 10.2 Å². The summed E-state index contributed by atoms with van der Waals surface area (Å²) in [4.78, 5) is 30.0. The van der Waals surface area contributed by atoms with Crippen molar-refractivity contribution in [2.45, 2.75) is 53.2 Å². The average Bonchev–Trinajstić information content (AvgIpc) is 3.20. The van der Waals surface area contributed by atoms with Gasteiger partial charge in [-0.1, -0.05) is 0 Å². The van der Waals surface area contributed by atoms with E-state index in [1.54, 1.807) is 28.8 Å². The number of benzene rings is 1. The summed E-state index contributed by atoms with van der Waals surface area (Å²) in [6.45, 7) is 10.7. The van der Waals surface area contributed by atoms with Gasteiger partial charge in [-0.2, -0.15) is 0 Å². The molecule has 4 aromatic rings. The number of carbonyl (C=O) groups is 1. The number of aryl methyl sites for hydroxylation is 2. The fourth-order valence-corrected chi connectivity index (χ4v) is 5.25. The summed E-state index contributed by atoms with van der Waals surface area (Å²) < 4.78 is 11.6. The third-order valence-electron chi connectivity index (χ3n) is 5.83. The first-order valence-electron chi connectivity index (χ1n) is 11.9. The minimum absolute atomic E-state index is 0.297. The van der Waals surface area contributed by atoms with Crippen LogP contribution in [0.5, 0.6) is 11.5 Å². The highest BCUT2D eigenvalue weighted by Crippen LogP contribution is 2.39. The van der Waals surface area contributed by atoms with Gasteiger partial charge in [-0.25, -0.2) is 14.8 Å². The normalized spacial score (nSPS) is 13.4. The maximum atomic E-state index is 12.7. The van der Waals surface area contributed by atoms with Crippen molar-refractivity contribution in [1.29, 1.82) is 0 Å². The molecule has 1 aliphatic rings. The molecule has 1 aliphatic heterocycles. The van der Waals surface area contributed by atoms with Crippen molar-refractivity contribution in [1.82, 2.24) is 19.9 Å². The van der Waals surface area contributed by atoms with Crippen molar-refractivity contribution in [2.24, 2.45) is 0 Å². The molecule has 8 nitrogen and oxygen atoms in total.